The lowest BCUT2D eigenvalue weighted by atomic mass is 10.3. The minimum Gasteiger partial charge on any atom is -0.316 e. The van der Waals surface area contributed by atoms with Crippen LogP contribution < -0.4 is 0 Å². The summed E-state index contributed by atoms with van der Waals surface area (Å²) in [5.74, 6) is 0.825. The highest BCUT2D eigenvalue weighted by Crippen LogP contribution is 2.24. The first-order chi connectivity index (χ1) is 14.3. The Hall–Kier alpha value is -3.45. The van der Waals surface area contributed by atoms with E-state index in [4.69, 9.17) is 4.98 Å². The summed E-state index contributed by atoms with van der Waals surface area (Å²) in [6.45, 7) is 0.565. The van der Waals surface area contributed by atoms with Crippen LogP contribution in [0.5, 0.6) is 0 Å². The van der Waals surface area contributed by atoms with E-state index >= 15 is 0 Å². The summed E-state index contributed by atoms with van der Waals surface area (Å²) in [4.78, 5) is 10.5. The van der Waals surface area contributed by atoms with Crippen LogP contribution in [0.25, 0.3) is 28.2 Å². The van der Waals surface area contributed by atoms with Crippen LogP contribution in [0.1, 0.15) is 5.69 Å². The predicted octanol–water partition coefficient (Wildman–Crippen LogP) is 4.45. The maximum absolute atomic E-state index is 4.81. The first-order valence-corrected chi connectivity index (χ1v) is 10.5. The summed E-state index contributed by atoms with van der Waals surface area (Å²) in [6, 6.07) is 22.2. The minimum atomic E-state index is 0.565. The standard InChI is InChI=1S/C22H18N6S/c1-29-18-11-9-17(10-12-18)28-15-16(25-26-28)14-27-21-8-3-2-6-19(21)24-22(27)20-7-4-5-13-23-20/h2-13,15H,14H2,1H3. The molecule has 0 unspecified atom stereocenters. The highest BCUT2D eigenvalue weighted by molar-refractivity contribution is 7.98. The molecule has 6 nitrogen and oxygen atoms in total. The Morgan fingerprint density at radius 2 is 1.76 bits per heavy atom. The molecule has 0 saturated heterocycles. The van der Waals surface area contributed by atoms with Gasteiger partial charge in [-0.15, -0.1) is 16.9 Å². The second kappa shape index (κ2) is 7.52. The summed E-state index contributed by atoms with van der Waals surface area (Å²) in [7, 11) is 0. The Labute approximate surface area is 172 Å². The van der Waals surface area contributed by atoms with Crippen molar-refractivity contribution in [2.45, 2.75) is 11.4 Å². The summed E-state index contributed by atoms with van der Waals surface area (Å²) in [5, 5.41) is 8.71. The number of pyridine rings is 1. The highest BCUT2D eigenvalue weighted by Gasteiger charge is 2.15. The van der Waals surface area contributed by atoms with E-state index in [9.17, 15) is 0 Å². The lowest BCUT2D eigenvalue weighted by molar-refractivity contribution is 0.773. The third kappa shape index (κ3) is 3.40. The predicted molar refractivity (Wildman–Crippen MR) is 115 cm³/mol. The zero-order chi connectivity index (χ0) is 19.6. The molecule has 0 aliphatic rings. The highest BCUT2D eigenvalue weighted by atomic mass is 32.2. The van der Waals surface area contributed by atoms with Gasteiger partial charge in [0.25, 0.3) is 0 Å². The van der Waals surface area contributed by atoms with Crippen LogP contribution in [0.4, 0.5) is 0 Å². The number of thioether (sulfide) groups is 1. The molecular weight excluding hydrogens is 380 g/mol. The monoisotopic (exact) mass is 398 g/mol. The van der Waals surface area contributed by atoms with Crippen molar-refractivity contribution in [3.8, 4) is 17.2 Å². The number of aromatic nitrogens is 6. The molecule has 142 valence electrons. The molecule has 0 aliphatic heterocycles. The van der Waals surface area contributed by atoms with E-state index in [0.717, 1.165) is 33.9 Å². The van der Waals surface area contributed by atoms with Gasteiger partial charge >= 0.3 is 0 Å². The number of para-hydroxylation sites is 2. The van der Waals surface area contributed by atoms with Crippen LogP contribution in [0.15, 0.2) is 84.0 Å². The second-order valence-electron chi connectivity index (χ2n) is 6.58. The SMILES string of the molecule is CSc1ccc(-n2cc(Cn3c(-c4ccccn4)nc4ccccc43)nn2)cc1. The fraction of sp³-hybridized carbons (Fsp3) is 0.0909. The summed E-state index contributed by atoms with van der Waals surface area (Å²) >= 11 is 1.72. The van der Waals surface area contributed by atoms with Crippen molar-refractivity contribution >= 4 is 22.8 Å². The van der Waals surface area contributed by atoms with E-state index in [1.807, 2.05) is 42.6 Å². The van der Waals surface area contributed by atoms with Gasteiger partial charge < -0.3 is 4.57 Å². The Morgan fingerprint density at radius 1 is 0.931 bits per heavy atom. The largest absolute Gasteiger partial charge is 0.316 e. The van der Waals surface area contributed by atoms with Crippen molar-refractivity contribution in [1.82, 2.24) is 29.5 Å². The van der Waals surface area contributed by atoms with Gasteiger partial charge in [0, 0.05) is 11.1 Å². The van der Waals surface area contributed by atoms with Crippen LogP contribution in [-0.2, 0) is 6.54 Å². The molecule has 0 spiro atoms. The summed E-state index contributed by atoms with van der Waals surface area (Å²) in [6.07, 6.45) is 5.82. The topological polar surface area (TPSA) is 61.4 Å². The van der Waals surface area contributed by atoms with Crippen LogP contribution in [0.3, 0.4) is 0 Å². The van der Waals surface area contributed by atoms with Crippen molar-refractivity contribution in [3.63, 3.8) is 0 Å². The second-order valence-corrected chi connectivity index (χ2v) is 7.46. The van der Waals surface area contributed by atoms with Gasteiger partial charge in [0.05, 0.1) is 29.5 Å². The number of benzene rings is 2. The zero-order valence-corrected chi connectivity index (χ0v) is 16.6. The Kier molecular flexibility index (Phi) is 4.57. The molecule has 0 N–H and O–H groups in total. The van der Waals surface area contributed by atoms with Crippen molar-refractivity contribution < 1.29 is 0 Å². The molecule has 0 atom stereocenters. The number of nitrogens with zero attached hydrogens (tertiary/aromatic N) is 6. The van der Waals surface area contributed by atoms with Gasteiger partial charge in [0.15, 0.2) is 5.82 Å². The van der Waals surface area contributed by atoms with Gasteiger partial charge in [0.1, 0.15) is 11.4 Å². The van der Waals surface area contributed by atoms with Crippen molar-refractivity contribution in [2.24, 2.45) is 0 Å². The van der Waals surface area contributed by atoms with Crippen molar-refractivity contribution in [1.29, 1.82) is 0 Å². The molecular formula is C22H18N6S. The first-order valence-electron chi connectivity index (χ1n) is 9.24. The van der Waals surface area contributed by atoms with E-state index in [-0.39, 0.29) is 0 Å². The average Bonchev–Trinajstić information content (AvgIpc) is 3.40. The molecule has 0 fully saturated rings. The molecule has 0 radical (unpaired) electrons. The molecule has 3 heterocycles. The molecule has 0 bridgehead atoms. The fourth-order valence-electron chi connectivity index (χ4n) is 3.32. The third-order valence-electron chi connectivity index (χ3n) is 4.75. The molecule has 7 heteroatoms. The normalized spacial score (nSPS) is 11.2. The third-order valence-corrected chi connectivity index (χ3v) is 5.49. The number of hydrogen-bond acceptors (Lipinski definition) is 5. The lowest BCUT2D eigenvalue weighted by Crippen LogP contribution is -2.03. The number of rotatable bonds is 5. The van der Waals surface area contributed by atoms with Crippen LogP contribution >= 0.6 is 11.8 Å². The molecule has 2 aromatic carbocycles. The Morgan fingerprint density at radius 3 is 2.55 bits per heavy atom. The van der Waals surface area contributed by atoms with Gasteiger partial charge in [-0.1, -0.05) is 23.4 Å². The van der Waals surface area contributed by atoms with Gasteiger partial charge in [-0.25, -0.2) is 9.67 Å². The molecule has 5 rings (SSSR count). The van der Waals surface area contributed by atoms with E-state index in [2.05, 4.69) is 56.5 Å². The summed E-state index contributed by atoms with van der Waals surface area (Å²) in [5.41, 5.74) is 4.67. The van der Waals surface area contributed by atoms with Gasteiger partial charge in [-0.3, -0.25) is 4.98 Å². The number of fused-ring (bicyclic) bond motifs is 1. The fourth-order valence-corrected chi connectivity index (χ4v) is 3.73. The van der Waals surface area contributed by atoms with Crippen molar-refractivity contribution in [2.75, 3.05) is 6.26 Å². The first kappa shape index (κ1) is 17.6. The van der Waals surface area contributed by atoms with E-state index < -0.39 is 0 Å². The van der Waals surface area contributed by atoms with Crippen LogP contribution in [0, 0.1) is 0 Å². The molecule has 5 aromatic rings. The van der Waals surface area contributed by atoms with E-state index in [0.29, 0.717) is 6.54 Å². The average molecular weight is 398 g/mol. The summed E-state index contributed by atoms with van der Waals surface area (Å²) < 4.78 is 3.95. The maximum Gasteiger partial charge on any atom is 0.160 e. The molecule has 3 aromatic heterocycles. The Balaban J connectivity index is 1.53. The smallest absolute Gasteiger partial charge is 0.160 e. The number of hydrogen-bond donors (Lipinski definition) is 0. The Bertz CT molecular complexity index is 1260. The van der Waals surface area contributed by atoms with E-state index in [1.54, 1.807) is 22.6 Å². The minimum absolute atomic E-state index is 0.565. The molecule has 0 aliphatic carbocycles. The molecule has 0 saturated carbocycles. The lowest BCUT2D eigenvalue weighted by Gasteiger charge is -2.06. The van der Waals surface area contributed by atoms with Gasteiger partial charge in [-0.2, -0.15) is 0 Å². The van der Waals surface area contributed by atoms with Crippen LogP contribution in [0.2, 0.25) is 0 Å². The number of imidazole rings is 1. The molecule has 0 amide bonds. The van der Waals surface area contributed by atoms with Crippen molar-refractivity contribution in [3.05, 3.63) is 84.8 Å². The maximum atomic E-state index is 4.81. The van der Waals surface area contributed by atoms with Crippen LogP contribution in [-0.4, -0.2) is 35.8 Å². The zero-order valence-electron chi connectivity index (χ0n) is 15.8. The molecule has 29 heavy (non-hydrogen) atoms. The van der Waals surface area contributed by atoms with Gasteiger partial charge in [-0.05, 0) is 54.8 Å². The van der Waals surface area contributed by atoms with E-state index in [1.165, 1.54) is 4.90 Å². The van der Waals surface area contributed by atoms with Gasteiger partial charge in [0.2, 0.25) is 0 Å². The quantitative estimate of drug-likeness (QED) is 0.409.